The fourth-order valence-corrected chi connectivity index (χ4v) is 3.61. The minimum absolute atomic E-state index is 0.0907. The van der Waals surface area contributed by atoms with Crippen LogP contribution in [-0.2, 0) is 17.8 Å². The Morgan fingerprint density at radius 2 is 2.13 bits per heavy atom. The molecule has 2 rings (SSSR count). The highest BCUT2D eigenvalue weighted by molar-refractivity contribution is 7.99. The smallest absolute Gasteiger partial charge is 0.257 e. The number of carbonyl (C=O) groups is 1. The van der Waals surface area contributed by atoms with Crippen LogP contribution in [-0.4, -0.2) is 50.2 Å². The predicted molar refractivity (Wildman–Crippen MR) is 87.5 cm³/mol. The molecule has 3 N–H and O–H groups in total. The molecule has 1 amide bonds. The van der Waals surface area contributed by atoms with Crippen molar-refractivity contribution in [1.82, 2.24) is 14.9 Å². The Morgan fingerprint density at radius 3 is 2.70 bits per heavy atom. The zero-order valence-electron chi connectivity index (χ0n) is 13.6. The SMILES string of the molecule is CCc1c(C)nc2n(c1=O)CC(C(=O)NC(C)(CO)CO)CS2. The maximum absolute atomic E-state index is 12.5. The number of aliphatic hydroxyl groups is 2. The number of thioether (sulfide) groups is 1. The number of fused-ring (bicyclic) bond motifs is 1. The topological polar surface area (TPSA) is 104 Å². The molecule has 128 valence electrons. The molecule has 0 spiro atoms. The molecule has 8 heteroatoms. The highest BCUT2D eigenvalue weighted by atomic mass is 32.2. The number of rotatable bonds is 5. The Labute approximate surface area is 139 Å². The average molecular weight is 341 g/mol. The van der Waals surface area contributed by atoms with Crippen LogP contribution in [0.3, 0.4) is 0 Å². The van der Waals surface area contributed by atoms with Crippen LogP contribution in [0.15, 0.2) is 9.95 Å². The van der Waals surface area contributed by atoms with Crippen LogP contribution in [0.4, 0.5) is 0 Å². The van der Waals surface area contributed by atoms with Crippen molar-refractivity contribution < 1.29 is 15.0 Å². The molecule has 2 heterocycles. The first-order valence-electron chi connectivity index (χ1n) is 7.62. The number of nitrogens with zero attached hydrogens (tertiary/aromatic N) is 2. The first-order valence-corrected chi connectivity index (χ1v) is 8.60. The first kappa shape index (κ1) is 18.0. The van der Waals surface area contributed by atoms with Crippen LogP contribution in [0.2, 0.25) is 0 Å². The highest BCUT2D eigenvalue weighted by Crippen LogP contribution is 2.26. The number of amides is 1. The van der Waals surface area contributed by atoms with Crippen LogP contribution in [0.25, 0.3) is 0 Å². The van der Waals surface area contributed by atoms with Gasteiger partial charge in [0.15, 0.2) is 5.16 Å². The van der Waals surface area contributed by atoms with E-state index in [0.717, 1.165) is 5.69 Å². The van der Waals surface area contributed by atoms with Crippen molar-refractivity contribution in [3.05, 3.63) is 21.6 Å². The monoisotopic (exact) mass is 341 g/mol. The summed E-state index contributed by atoms with van der Waals surface area (Å²) in [6, 6.07) is 0. The van der Waals surface area contributed by atoms with Gasteiger partial charge in [0, 0.05) is 23.6 Å². The highest BCUT2D eigenvalue weighted by Gasteiger charge is 2.32. The van der Waals surface area contributed by atoms with Gasteiger partial charge in [0.2, 0.25) is 5.91 Å². The van der Waals surface area contributed by atoms with Crippen molar-refractivity contribution in [3.8, 4) is 0 Å². The van der Waals surface area contributed by atoms with Gasteiger partial charge >= 0.3 is 0 Å². The van der Waals surface area contributed by atoms with Crippen molar-refractivity contribution in [1.29, 1.82) is 0 Å². The van der Waals surface area contributed by atoms with Gasteiger partial charge in [-0.1, -0.05) is 18.7 Å². The summed E-state index contributed by atoms with van der Waals surface area (Å²) in [5.74, 6) is -0.174. The van der Waals surface area contributed by atoms with Crippen LogP contribution >= 0.6 is 11.8 Å². The molecule has 0 aliphatic carbocycles. The van der Waals surface area contributed by atoms with E-state index in [1.165, 1.54) is 11.8 Å². The fraction of sp³-hybridized carbons (Fsp3) is 0.667. The molecule has 23 heavy (non-hydrogen) atoms. The molecular weight excluding hydrogens is 318 g/mol. The Bertz CT molecular complexity index is 655. The lowest BCUT2D eigenvalue weighted by Crippen LogP contribution is -2.54. The van der Waals surface area contributed by atoms with Gasteiger partial charge in [0.25, 0.3) is 5.56 Å². The maximum Gasteiger partial charge on any atom is 0.257 e. The Morgan fingerprint density at radius 1 is 1.48 bits per heavy atom. The summed E-state index contributed by atoms with van der Waals surface area (Å²) in [4.78, 5) is 29.4. The number of hydrogen-bond donors (Lipinski definition) is 3. The Hall–Kier alpha value is -1.38. The Balaban J connectivity index is 2.23. The van der Waals surface area contributed by atoms with Crippen molar-refractivity contribution in [2.45, 2.75) is 44.4 Å². The number of aryl methyl sites for hydroxylation is 1. The van der Waals surface area contributed by atoms with E-state index in [1.54, 1.807) is 11.5 Å². The van der Waals surface area contributed by atoms with Gasteiger partial charge < -0.3 is 15.5 Å². The van der Waals surface area contributed by atoms with Crippen molar-refractivity contribution >= 4 is 17.7 Å². The van der Waals surface area contributed by atoms with E-state index >= 15 is 0 Å². The average Bonchev–Trinajstić information content (AvgIpc) is 2.54. The van der Waals surface area contributed by atoms with Crippen LogP contribution in [0.1, 0.15) is 25.1 Å². The van der Waals surface area contributed by atoms with Gasteiger partial charge in [0.05, 0.1) is 24.7 Å². The molecule has 1 aromatic rings. The molecular formula is C15H23N3O4S. The molecule has 1 aromatic heterocycles. The second kappa shape index (κ2) is 7.02. The third-order valence-corrected chi connectivity index (χ3v) is 5.24. The molecule has 0 aromatic carbocycles. The van der Waals surface area contributed by atoms with E-state index in [-0.39, 0.29) is 31.2 Å². The number of aliphatic hydroxyl groups excluding tert-OH is 2. The van der Waals surface area contributed by atoms with E-state index < -0.39 is 11.5 Å². The lowest BCUT2D eigenvalue weighted by atomic mass is 10.0. The third kappa shape index (κ3) is 3.59. The minimum Gasteiger partial charge on any atom is -0.394 e. The zero-order valence-corrected chi connectivity index (χ0v) is 14.4. The lowest BCUT2D eigenvalue weighted by molar-refractivity contribution is -0.127. The molecule has 0 saturated heterocycles. The number of hydrogen-bond acceptors (Lipinski definition) is 6. The predicted octanol–water partition coefficient (Wildman–Crippen LogP) is -0.304. The quantitative estimate of drug-likeness (QED) is 0.635. The molecule has 1 unspecified atom stereocenters. The molecule has 0 saturated carbocycles. The molecule has 7 nitrogen and oxygen atoms in total. The summed E-state index contributed by atoms with van der Waals surface area (Å²) >= 11 is 1.38. The molecule has 0 bridgehead atoms. The van der Waals surface area contributed by atoms with Gasteiger partial charge in [-0.25, -0.2) is 4.98 Å². The van der Waals surface area contributed by atoms with E-state index in [2.05, 4.69) is 10.3 Å². The van der Waals surface area contributed by atoms with Crippen molar-refractivity contribution in [2.75, 3.05) is 19.0 Å². The van der Waals surface area contributed by atoms with Crippen LogP contribution < -0.4 is 10.9 Å². The third-order valence-electron chi connectivity index (χ3n) is 4.10. The zero-order chi connectivity index (χ0) is 17.2. The van der Waals surface area contributed by atoms with Crippen LogP contribution in [0.5, 0.6) is 0 Å². The summed E-state index contributed by atoms with van der Waals surface area (Å²) < 4.78 is 1.56. The summed E-state index contributed by atoms with van der Waals surface area (Å²) in [6.45, 7) is 4.86. The normalized spacial score (nSPS) is 17.7. The molecule has 1 aliphatic rings. The number of aromatic nitrogens is 2. The van der Waals surface area contributed by atoms with Crippen molar-refractivity contribution in [2.24, 2.45) is 5.92 Å². The standard InChI is InChI=1S/C15H23N3O4S/c1-4-11-9(2)16-14-18(13(11)22)5-10(6-23-14)12(21)17-15(3,7-19)8-20/h10,19-20H,4-8H2,1-3H3,(H,17,21). The Kier molecular flexibility index (Phi) is 5.49. The van der Waals surface area contributed by atoms with Gasteiger partial charge in [-0.05, 0) is 20.3 Å². The lowest BCUT2D eigenvalue weighted by Gasteiger charge is -2.31. The first-order chi connectivity index (χ1) is 10.8. The second-order valence-electron chi connectivity index (χ2n) is 6.10. The van der Waals surface area contributed by atoms with Gasteiger partial charge in [-0.15, -0.1) is 0 Å². The van der Waals surface area contributed by atoms with Gasteiger partial charge in [-0.3, -0.25) is 14.2 Å². The minimum atomic E-state index is -1.06. The summed E-state index contributed by atoms with van der Waals surface area (Å²) in [6.07, 6.45) is 0.604. The van der Waals surface area contributed by atoms with Gasteiger partial charge in [0.1, 0.15) is 0 Å². The second-order valence-corrected chi connectivity index (χ2v) is 7.09. The maximum atomic E-state index is 12.5. The van der Waals surface area contributed by atoms with Crippen LogP contribution in [0, 0.1) is 12.8 Å². The van der Waals surface area contributed by atoms with E-state index in [9.17, 15) is 19.8 Å². The van der Waals surface area contributed by atoms with E-state index in [0.29, 0.717) is 22.9 Å². The summed E-state index contributed by atoms with van der Waals surface area (Å²) in [5, 5.41) is 21.9. The summed E-state index contributed by atoms with van der Waals surface area (Å²) in [7, 11) is 0. The fourth-order valence-electron chi connectivity index (χ4n) is 2.49. The van der Waals surface area contributed by atoms with Crippen molar-refractivity contribution in [3.63, 3.8) is 0 Å². The number of nitrogens with one attached hydrogen (secondary N) is 1. The van der Waals surface area contributed by atoms with Gasteiger partial charge in [-0.2, -0.15) is 0 Å². The van der Waals surface area contributed by atoms with E-state index in [1.807, 2.05) is 13.8 Å². The van der Waals surface area contributed by atoms with E-state index in [4.69, 9.17) is 0 Å². The number of carbonyl (C=O) groups excluding carboxylic acids is 1. The molecule has 0 radical (unpaired) electrons. The summed E-state index contributed by atoms with van der Waals surface area (Å²) in [5.41, 5.74) is 0.262. The molecule has 1 aliphatic heterocycles. The molecule has 1 atom stereocenters. The largest absolute Gasteiger partial charge is 0.394 e. The molecule has 0 fully saturated rings.